The molecule has 0 saturated heterocycles. The zero-order valence-corrected chi connectivity index (χ0v) is 14.0. The summed E-state index contributed by atoms with van der Waals surface area (Å²) >= 11 is 1.61. The maximum Gasteiger partial charge on any atom is 0.230 e. The summed E-state index contributed by atoms with van der Waals surface area (Å²) in [6, 6.07) is 9.42. The Kier molecular flexibility index (Phi) is 6.12. The fraction of sp³-hybridized carbons (Fsp3) is 0.588. The number of nitrogens with one attached hydrogen (secondary N) is 2. The van der Waals surface area contributed by atoms with Crippen LogP contribution in [0.4, 0.5) is 0 Å². The summed E-state index contributed by atoms with van der Waals surface area (Å²) in [6.45, 7) is 7.22. The third kappa shape index (κ3) is 6.10. The molecule has 2 rings (SSSR count). The predicted octanol–water partition coefficient (Wildman–Crippen LogP) is 3.19. The molecule has 0 bridgehead atoms. The van der Waals surface area contributed by atoms with E-state index >= 15 is 0 Å². The molecule has 0 radical (unpaired) electrons. The first-order valence-electron chi connectivity index (χ1n) is 7.79. The first-order valence-corrected chi connectivity index (χ1v) is 8.77. The Labute approximate surface area is 132 Å². The normalized spacial score (nSPS) is 16.0. The molecule has 1 aliphatic rings. The Morgan fingerprint density at radius 2 is 2.10 bits per heavy atom. The Balaban J connectivity index is 1.76. The second-order valence-corrected chi connectivity index (χ2v) is 7.24. The molecule has 2 N–H and O–H groups in total. The highest BCUT2D eigenvalue weighted by molar-refractivity contribution is 8.00. The SMILES string of the molecule is CC(C)C(C)NC(=O)CSc1cccc(CNC2CC2)c1. The van der Waals surface area contributed by atoms with Crippen LogP contribution in [0.15, 0.2) is 29.2 Å². The van der Waals surface area contributed by atoms with Gasteiger partial charge < -0.3 is 10.6 Å². The standard InChI is InChI=1S/C17H26N2OS/c1-12(2)13(3)19-17(20)11-21-16-6-4-5-14(9-16)10-18-15-7-8-15/h4-6,9,12-13,15,18H,7-8,10-11H2,1-3H3,(H,19,20). The lowest BCUT2D eigenvalue weighted by atomic mass is 10.1. The molecule has 116 valence electrons. The summed E-state index contributed by atoms with van der Waals surface area (Å²) < 4.78 is 0. The molecular formula is C17H26N2OS. The van der Waals surface area contributed by atoms with Gasteiger partial charge in [0, 0.05) is 23.5 Å². The van der Waals surface area contributed by atoms with Gasteiger partial charge in [0.2, 0.25) is 5.91 Å². The van der Waals surface area contributed by atoms with Crippen molar-refractivity contribution in [3.63, 3.8) is 0 Å². The van der Waals surface area contributed by atoms with Gasteiger partial charge in [0.05, 0.1) is 5.75 Å². The van der Waals surface area contributed by atoms with Crippen LogP contribution in [0, 0.1) is 5.92 Å². The van der Waals surface area contributed by atoms with E-state index in [2.05, 4.69) is 55.7 Å². The number of benzene rings is 1. The monoisotopic (exact) mass is 306 g/mol. The van der Waals surface area contributed by atoms with Gasteiger partial charge in [-0.05, 0) is 43.4 Å². The molecule has 1 aromatic carbocycles. The Bertz CT molecular complexity index is 472. The second kappa shape index (κ2) is 7.85. The number of carbonyl (C=O) groups excluding carboxylic acids is 1. The fourth-order valence-corrected chi connectivity index (χ4v) is 2.70. The lowest BCUT2D eigenvalue weighted by Gasteiger charge is -2.17. The predicted molar refractivity (Wildman–Crippen MR) is 89.5 cm³/mol. The third-order valence-electron chi connectivity index (χ3n) is 3.83. The average Bonchev–Trinajstić information content (AvgIpc) is 3.27. The van der Waals surface area contributed by atoms with Crippen molar-refractivity contribution >= 4 is 17.7 Å². The molecule has 0 aromatic heterocycles. The summed E-state index contributed by atoms with van der Waals surface area (Å²) in [4.78, 5) is 13.1. The molecular weight excluding hydrogens is 280 g/mol. The van der Waals surface area contributed by atoms with Gasteiger partial charge in [0.1, 0.15) is 0 Å². The number of carbonyl (C=O) groups is 1. The lowest BCUT2D eigenvalue weighted by molar-refractivity contribution is -0.119. The van der Waals surface area contributed by atoms with Gasteiger partial charge in [-0.1, -0.05) is 26.0 Å². The fourth-order valence-electron chi connectivity index (χ4n) is 1.91. The van der Waals surface area contributed by atoms with Crippen LogP contribution in [0.1, 0.15) is 39.2 Å². The highest BCUT2D eigenvalue weighted by Gasteiger charge is 2.19. The molecule has 0 heterocycles. The van der Waals surface area contributed by atoms with Crippen LogP contribution in [-0.4, -0.2) is 23.7 Å². The van der Waals surface area contributed by atoms with Crippen molar-refractivity contribution in [1.29, 1.82) is 0 Å². The van der Waals surface area contributed by atoms with Crippen molar-refractivity contribution in [3.8, 4) is 0 Å². The quantitative estimate of drug-likeness (QED) is 0.725. The van der Waals surface area contributed by atoms with Gasteiger partial charge >= 0.3 is 0 Å². The average molecular weight is 306 g/mol. The number of rotatable bonds is 8. The number of amides is 1. The van der Waals surface area contributed by atoms with E-state index < -0.39 is 0 Å². The second-order valence-electron chi connectivity index (χ2n) is 6.19. The number of hydrogen-bond donors (Lipinski definition) is 2. The number of hydrogen-bond acceptors (Lipinski definition) is 3. The summed E-state index contributed by atoms with van der Waals surface area (Å²) in [5, 5.41) is 6.56. The molecule has 1 aromatic rings. The zero-order valence-electron chi connectivity index (χ0n) is 13.2. The molecule has 1 saturated carbocycles. The van der Waals surface area contributed by atoms with E-state index in [-0.39, 0.29) is 11.9 Å². The van der Waals surface area contributed by atoms with Crippen molar-refractivity contribution in [1.82, 2.24) is 10.6 Å². The van der Waals surface area contributed by atoms with Gasteiger partial charge in [-0.3, -0.25) is 4.79 Å². The van der Waals surface area contributed by atoms with Crippen LogP contribution in [0.3, 0.4) is 0 Å². The largest absolute Gasteiger partial charge is 0.353 e. The molecule has 4 heteroatoms. The minimum Gasteiger partial charge on any atom is -0.353 e. The van der Waals surface area contributed by atoms with E-state index in [1.807, 2.05) is 0 Å². The van der Waals surface area contributed by atoms with Crippen molar-refractivity contribution in [2.45, 2.75) is 57.1 Å². The molecule has 1 atom stereocenters. The highest BCUT2D eigenvalue weighted by atomic mass is 32.2. The zero-order chi connectivity index (χ0) is 15.2. The smallest absolute Gasteiger partial charge is 0.230 e. The maximum atomic E-state index is 11.9. The van der Waals surface area contributed by atoms with Gasteiger partial charge in [-0.15, -0.1) is 11.8 Å². The third-order valence-corrected chi connectivity index (χ3v) is 4.82. The lowest BCUT2D eigenvalue weighted by Crippen LogP contribution is -2.37. The van der Waals surface area contributed by atoms with Gasteiger partial charge in [0.15, 0.2) is 0 Å². The summed E-state index contributed by atoms with van der Waals surface area (Å²) in [7, 11) is 0. The van der Waals surface area contributed by atoms with Crippen LogP contribution in [0.5, 0.6) is 0 Å². The minimum atomic E-state index is 0.114. The first-order chi connectivity index (χ1) is 10.0. The molecule has 21 heavy (non-hydrogen) atoms. The van der Waals surface area contributed by atoms with E-state index in [1.54, 1.807) is 11.8 Å². The molecule has 1 fully saturated rings. The minimum absolute atomic E-state index is 0.114. The van der Waals surface area contributed by atoms with Crippen LogP contribution in [0.2, 0.25) is 0 Å². The summed E-state index contributed by atoms with van der Waals surface area (Å²) in [5.41, 5.74) is 1.29. The van der Waals surface area contributed by atoms with Crippen LogP contribution in [-0.2, 0) is 11.3 Å². The van der Waals surface area contributed by atoms with Crippen LogP contribution in [0.25, 0.3) is 0 Å². The van der Waals surface area contributed by atoms with E-state index in [9.17, 15) is 4.79 Å². The molecule has 1 aliphatic carbocycles. The van der Waals surface area contributed by atoms with E-state index in [0.29, 0.717) is 11.7 Å². The summed E-state index contributed by atoms with van der Waals surface area (Å²) in [6.07, 6.45) is 2.62. The molecule has 0 spiro atoms. The van der Waals surface area contributed by atoms with E-state index in [4.69, 9.17) is 0 Å². The highest BCUT2D eigenvalue weighted by Crippen LogP contribution is 2.21. The van der Waals surface area contributed by atoms with Gasteiger partial charge in [-0.2, -0.15) is 0 Å². The molecule has 1 amide bonds. The molecule has 1 unspecified atom stereocenters. The van der Waals surface area contributed by atoms with Crippen molar-refractivity contribution < 1.29 is 4.79 Å². The maximum absolute atomic E-state index is 11.9. The van der Waals surface area contributed by atoms with Gasteiger partial charge in [0.25, 0.3) is 0 Å². The summed E-state index contributed by atoms with van der Waals surface area (Å²) in [5.74, 6) is 1.06. The Morgan fingerprint density at radius 1 is 1.33 bits per heavy atom. The molecule has 3 nitrogen and oxygen atoms in total. The Morgan fingerprint density at radius 3 is 2.76 bits per heavy atom. The van der Waals surface area contributed by atoms with Crippen LogP contribution >= 0.6 is 11.8 Å². The van der Waals surface area contributed by atoms with E-state index in [1.165, 1.54) is 18.4 Å². The van der Waals surface area contributed by atoms with E-state index in [0.717, 1.165) is 17.5 Å². The van der Waals surface area contributed by atoms with Crippen molar-refractivity contribution in [2.24, 2.45) is 5.92 Å². The Hall–Kier alpha value is -1.00. The number of thioether (sulfide) groups is 1. The van der Waals surface area contributed by atoms with Crippen LogP contribution < -0.4 is 10.6 Å². The molecule has 0 aliphatic heterocycles. The first kappa shape index (κ1) is 16.4. The topological polar surface area (TPSA) is 41.1 Å². The van der Waals surface area contributed by atoms with Crippen molar-refractivity contribution in [3.05, 3.63) is 29.8 Å². The van der Waals surface area contributed by atoms with Crippen molar-refractivity contribution in [2.75, 3.05) is 5.75 Å². The van der Waals surface area contributed by atoms with Gasteiger partial charge in [-0.25, -0.2) is 0 Å².